The zero-order chi connectivity index (χ0) is 23.8. The SMILES string of the molecule is Cc1cc(C(C)(C)C)cc(C)c1N(c1ccc(C(C)(C)C)cc1)c1cccc([N+](=O)[O-])c1. The summed E-state index contributed by atoms with van der Waals surface area (Å²) in [6.07, 6.45) is 0. The highest BCUT2D eigenvalue weighted by molar-refractivity contribution is 5.81. The third-order valence-corrected chi connectivity index (χ3v) is 5.87. The zero-order valence-corrected chi connectivity index (χ0v) is 20.5. The number of non-ortho nitro benzene ring substituents is 1. The van der Waals surface area contributed by atoms with Crippen molar-refractivity contribution < 1.29 is 4.92 Å². The van der Waals surface area contributed by atoms with Gasteiger partial charge < -0.3 is 4.90 Å². The van der Waals surface area contributed by atoms with E-state index in [1.54, 1.807) is 12.1 Å². The van der Waals surface area contributed by atoms with Gasteiger partial charge in [0, 0.05) is 17.8 Å². The Morgan fingerprint density at radius 3 is 1.72 bits per heavy atom. The van der Waals surface area contributed by atoms with Gasteiger partial charge >= 0.3 is 0 Å². The first-order valence-electron chi connectivity index (χ1n) is 11.1. The smallest absolute Gasteiger partial charge is 0.271 e. The number of nitro benzene ring substituents is 1. The molecule has 0 N–H and O–H groups in total. The Labute approximate surface area is 192 Å². The lowest BCUT2D eigenvalue weighted by molar-refractivity contribution is -0.384. The second kappa shape index (κ2) is 8.42. The number of hydrogen-bond acceptors (Lipinski definition) is 3. The van der Waals surface area contributed by atoms with E-state index in [9.17, 15) is 10.1 Å². The van der Waals surface area contributed by atoms with E-state index in [0.717, 1.165) is 28.2 Å². The van der Waals surface area contributed by atoms with Crippen molar-refractivity contribution in [3.63, 3.8) is 0 Å². The summed E-state index contributed by atoms with van der Waals surface area (Å²) in [6, 6.07) is 19.8. The van der Waals surface area contributed by atoms with Crippen LogP contribution in [0.1, 0.15) is 63.8 Å². The maximum atomic E-state index is 11.5. The summed E-state index contributed by atoms with van der Waals surface area (Å²) in [5.41, 5.74) is 7.79. The molecule has 0 aliphatic heterocycles. The van der Waals surface area contributed by atoms with Gasteiger partial charge in [0.15, 0.2) is 0 Å². The van der Waals surface area contributed by atoms with Crippen LogP contribution in [-0.2, 0) is 10.8 Å². The maximum absolute atomic E-state index is 11.5. The third kappa shape index (κ3) is 4.85. The fraction of sp³-hybridized carbons (Fsp3) is 0.357. The predicted octanol–water partition coefficient (Wildman–Crippen LogP) is 8.28. The molecule has 168 valence electrons. The second-order valence-corrected chi connectivity index (χ2v) is 10.6. The van der Waals surface area contributed by atoms with Crippen LogP contribution in [0.4, 0.5) is 22.7 Å². The molecule has 0 heterocycles. The average molecular weight is 431 g/mol. The van der Waals surface area contributed by atoms with Crippen LogP contribution in [0.3, 0.4) is 0 Å². The molecule has 3 aromatic carbocycles. The summed E-state index contributed by atoms with van der Waals surface area (Å²) >= 11 is 0. The number of nitro groups is 1. The molecule has 32 heavy (non-hydrogen) atoms. The van der Waals surface area contributed by atoms with Crippen molar-refractivity contribution in [2.75, 3.05) is 4.90 Å². The van der Waals surface area contributed by atoms with E-state index in [0.29, 0.717) is 0 Å². The molecule has 0 saturated carbocycles. The molecule has 0 aliphatic carbocycles. The first-order chi connectivity index (χ1) is 14.8. The van der Waals surface area contributed by atoms with Gasteiger partial charge in [-0.15, -0.1) is 0 Å². The topological polar surface area (TPSA) is 46.4 Å². The summed E-state index contributed by atoms with van der Waals surface area (Å²) in [4.78, 5) is 13.3. The minimum absolute atomic E-state index is 0.0404. The van der Waals surface area contributed by atoms with Gasteiger partial charge in [-0.05, 0) is 65.1 Å². The monoisotopic (exact) mass is 430 g/mol. The fourth-order valence-corrected chi connectivity index (χ4v) is 4.01. The molecule has 0 atom stereocenters. The van der Waals surface area contributed by atoms with Crippen LogP contribution in [0.15, 0.2) is 60.7 Å². The second-order valence-electron chi connectivity index (χ2n) is 10.6. The molecule has 4 heteroatoms. The number of hydrogen-bond donors (Lipinski definition) is 0. The van der Waals surface area contributed by atoms with Crippen LogP contribution in [0, 0.1) is 24.0 Å². The molecule has 0 amide bonds. The molecule has 3 aromatic rings. The van der Waals surface area contributed by atoms with Crippen LogP contribution in [-0.4, -0.2) is 4.92 Å². The molecule has 0 spiro atoms. The van der Waals surface area contributed by atoms with Gasteiger partial charge in [0.1, 0.15) is 0 Å². The van der Waals surface area contributed by atoms with Crippen molar-refractivity contribution >= 4 is 22.7 Å². The lowest BCUT2D eigenvalue weighted by Gasteiger charge is -2.31. The Morgan fingerprint density at radius 1 is 0.719 bits per heavy atom. The van der Waals surface area contributed by atoms with Crippen LogP contribution in [0.25, 0.3) is 0 Å². The lowest BCUT2D eigenvalue weighted by atomic mass is 9.84. The van der Waals surface area contributed by atoms with Crippen molar-refractivity contribution in [2.24, 2.45) is 0 Å². The van der Waals surface area contributed by atoms with Crippen molar-refractivity contribution in [3.05, 3.63) is 93.0 Å². The van der Waals surface area contributed by atoms with E-state index in [1.807, 2.05) is 6.07 Å². The minimum atomic E-state index is -0.340. The Morgan fingerprint density at radius 2 is 1.25 bits per heavy atom. The summed E-state index contributed by atoms with van der Waals surface area (Å²) < 4.78 is 0. The fourth-order valence-electron chi connectivity index (χ4n) is 4.01. The summed E-state index contributed by atoms with van der Waals surface area (Å²) in [6.45, 7) is 17.5. The molecule has 4 nitrogen and oxygen atoms in total. The molecular weight excluding hydrogens is 396 g/mol. The van der Waals surface area contributed by atoms with Gasteiger partial charge in [0.25, 0.3) is 5.69 Å². The third-order valence-electron chi connectivity index (χ3n) is 5.87. The molecular formula is C28H34N2O2. The van der Waals surface area contributed by atoms with Gasteiger partial charge in [-0.25, -0.2) is 0 Å². The van der Waals surface area contributed by atoms with Crippen molar-refractivity contribution in [1.82, 2.24) is 0 Å². The van der Waals surface area contributed by atoms with Gasteiger partial charge in [-0.3, -0.25) is 10.1 Å². The number of benzene rings is 3. The van der Waals surface area contributed by atoms with E-state index >= 15 is 0 Å². The first-order valence-corrected chi connectivity index (χ1v) is 11.1. The molecule has 0 bridgehead atoms. The van der Waals surface area contributed by atoms with Gasteiger partial charge in [0.2, 0.25) is 0 Å². The molecule has 0 aromatic heterocycles. The van der Waals surface area contributed by atoms with Crippen LogP contribution >= 0.6 is 0 Å². The summed E-state index contributed by atoms with van der Waals surface area (Å²) in [5.74, 6) is 0. The van der Waals surface area contributed by atoms with E-state index in [2.05, 4.69) is 96.7 Å². The average Bonchev–Trinajstić information content (AvgIpc) is 2.69. The van der Waals surface area contributed by atoms with Crippen LogP contribution in [0.5, 0.6) is 0 Å². The Hall–Kier alpha value is -3.14. The Kier molecular flexibility index (Phi) is 6.19. The van der Waals surface area contributed by atoms with Gasteiger partial charge in [0.05, 0.1) is 16.3 Å². The van der Waals surface area contributed by atoms with E-state index in [1.165, 1.54) is 17.2 Å². The summed E-state index contributed by atoms with van der Waals surface area (Å²) in [7, 11) is 0. The normalized spacial score (nSPS) is 12.0. The molecule has 3 rings (SSSR count). The zero-order valence-electron chi connectivity index (χ0n) is 20.5. The molecule has 0 saturated heterocycles. The van der Waals surface area contributed by atoms with Crippen LogP contribution < -0.4 is 4.90 Å². The number of aryl methyl sites for hydroxylation is 2. The van der Waals surface area contributed by atoms with E-state index in [4.69, 9.17) is 0 Å². The molecule has 0 fully saturated rings. The number of nitrogens with zero attached hydrogens (tertiary/aromatic N) is 2. The summed E-state index contributed by atoms with van der Waals surface area (Å²) in [5, 5.41) is 11.5. The standard InChI is InChI=1S/C28H34N2O2/c1-19-16-22(28(6,7)8)17-20(2)26(19)29(24-10-9-11-25(18-24)30(31)32)23-14-12-21(13-15-23)27(3,4)5/h9-18H,1-8H3. The highest BCUT2D eigenvalue weighted by Crippen LogP contribution is 2.41. The molecule has 0 unspecified atom stereocenters. The Balaban J connectivity index is 2.25. The molecule has 0 radical (unpaired) electrons. The number of anilines is 3. The highest BCUT2D eigenvalue weighted by atomic mass is 16.6. The van der Waals surface area contributed by atoms with Crippen molar-refractivity contribution in [2.45, 2.75) is 66.2 Å². The minimum Gasteiger partial charge on any atom is -0.310 e. The largest absolute Gasteiger partial charge is 0.310 e. The quantitative estimate of drug-likeness (QED) is 0.309. The highest BCUT2D eigenvalue weighted by Gasteiger charge is 2.23. The van der Waals surface area contributed by atoms with E-state index in [-0.39, 0.29) is 21.4 Å². The van der Waals surface area contributed by atoms with E-state index < -0.39 is 0 Å². The van der Waals surface area contributed by atoms with Crippen molar-refractivity contribution in [3.8, 4) is 0 Å². The maximum Gasteiger partial charge on any atom is 0.271 e. The lowest BCUT2D eigenvalue weighted by Crippen LogP contribution is -2.17. The number of rotatable bonds is 4. The predicted molar refractivity (Wildman–Crippen MR) is 135 cm³/mol. The molecule has 0 aliphatic rings. The van der Waals surface area contributed by atoms with Crippen LogP contribution in [0.2, 0.25) is 0 Å². The van der Waals surface area contributed by atoms with Gasteiger partial charge in [-0.2, -0.15) is 0 Å². The van der Waals surface area contributed by atoms with Crippen molar-refractivity contribution in [1.29, 1.82) is 0 Å². The first kappa shape index (κ1) is 23.5. The van der Waals surface area contributed by atoms with Gasteiger partial charge in [-0.1, -0.05) is 71.9 Å². The Bertz CT molecular complexity index is 1110.